The van der Waals surface area contributed by atoms with Crippen LogP contribution in [-0.4, -0.2) is 51.3 Å². The monoisotopic (exact) mass is 424 g/mol. The maximum absolute atomic E-state index is 10.5. The largest absolute Gasteiger partial charge is 0.491 e. The van der Waals surface area contributed by atoms with Gasteiger partial charge in [0.2, 0.25) is 0 Å². The molecule has 0 radical (unpaired) electrons. The lowest BCUT2D eigenvalue weighted by molar-refractivity contribution is -0.137. The Morgan fingerprint density at radius 2 is 2.07 bits per heavy atom. The summed E-state index contributed by atoms with van der Waals surface area (Å²) in [7, 11) is 0. The van der Waals surface area contributed by atoms with Crippen molar-refractivity contribution < 1.29 is 30.0 Å². The molecular formula is C22H29ClO6. The fraction of sp³-hybridized carbons (Fsp3) is 0.500. The van der Waals surface area contributed by atoms with E-state index in [9.17, 15) is 20.1 Å². The zero-order valence-corrected chi connectivity index (χ0v) is 17.0. The number of rotatable bonds is 11. The lowest BCUT2D eigenvalue weighted by Crippen LogP contribution is -2.21. The summed E-state index contributed by atoms with van der Waals surface area (Å²) in [5.74, 6) is -0.671. The maximum Gasteiger partial charge on any atom is 0.303 e. The third kappa shape index (κ3) is 8.19. The SMILES string of the molecule is O=C(O)CCC/C=C/C[C@@H]1[C@@H](/C=C/[C@@H](O)COc2cccc(Cl)c2)[C@H](O)C[C@@H]1O. The molecule has 2 rings (SSSR count). The van der Waals surface area contributed by atoms with Crippen LogP contribution in [0.3, 0.4) is 0 Å². The molecule has 1 aliphatic carbocycles. The number of carbonyl (C=O) groups is 1. The Morgan fingerprint density at radius 3 is 2.79 bits per heavy atom. The third-order valence-electron chi connectivity index (χ3n) is 5.02. The second-order valence-corrected chi connectivity index (χ2v) is 7.76. The molecule has 1 fully saturated rings. The number of hydrogen-bond acceptors (Lipinski definition) is 5. The van der Waals surface area contributed by atoms with Crippen LogP contribution in [0.2, 0.25) is 5.02 Å². The number of carboxylic acid groups (broad SMARTS) is 1. The molecule has 1 aromatic carbocycles. The first-order valence-electron chi connectivity index (χ1n) is 9.84. The Morgan fingerprint density at radius 1 is 1.28 bits per heavy atom. The summed E-state index contributed by atoms with van der Waals surface area (Å²) in [6.07, 6.45) is 7.26. The quantitative estimate of drug-likeness (QED) is 0.321. The van der Waals surface area contributed by atoms with Gasteiger partial charge in [-0.05, 0) is 43.4 Å². The summed E-state index contributed by atoms with van der Waals surface area (Å²) in [6.45, 7) is 0.0519. The summed E-state index contributed by atoms with van der Waals surface area (Å²) in [6, 6.07) is 6.90. The van der Waals surface area contributed by atoms with Crippen molar-refractivity contribution in [2.45, 2.75) is 50.4 Å². The van der Waals surface area contributed by atoms with Crippen LogP contribution in [0.4, 0.5) is 0 Å². The van der Waals surface area contributed by atoms with E-state index >= 15 is 0 Å². The van der Waals surface area contributed by atoms with Crippen LogP contribution in [0.5, 0.6) is 5.75 Å². The molecule has 0 unspecified atom stereocenters. The van der Waals surface area contributed by atoms with E-state index in [1.54, 1.807) is 36.4 Å². The molecule has 4 N–H and O–H groups in total. The molecule has 5 atom stereocenters. The Hall–Kier alpha value is -1.86. The Bertz CT molecular complexity index is 704. The molecule has 6 nitrogen and oxygen atoms in total. The number of aliphatic carboxylic acids is 1. The van der Waals surface area contributed by atoms with Crippen LogP contribution in [0, 0.1) is 11.8 Å². The van der Waals surface area contributed by atoms with Gasteiger partial charge >= 0.3 is 5.97 Å². The number of hydrogen-bond donors (Lipinski definition) is 4. The fourth-order valence-electron chi connectivity index (χ4n) is 3.50. The highest BCUT2D eigenvalue weighted by atomic mass is 35.5. The highest BCUT2D eigenvalue weighted by Gasteiger charge is 2.39. The van der Waals surface area contributed by atoms with E-state index in [0.717, 1.165) is 0 Å². The molecule has 1 aliphatic rings. The lowest BCUT2D eigenvalue weighted by Gasteiger charge is -2.19. The maximum atomic E-state index is 10.5. The molecule has 0 saturated heterocycles. The molecule has 29 heavy (non-hydrogen) atoms. The van der Waals surface area contributed by atoms with Gasteiger partial charge in [-0.15, -0.1) is 0 Å². The average molecular weight is 425 g/mol. The number of allylic oxidation sites excluding steroid dienone is 2. The molecule has 0 amide bonds. The van der Waals surface area contributed by atoms with Crippen molar-refractivity contribution in [1.29, 1.82) is 0 Å². The molecule has 1 aromatic rings. The van der Waals surface area contributed by atoms with Crippen molar-refractivity contribution in [2.75, 3.05) is 6.61 Å². The van der Waals surface area contributed by atoms with Crippen molar-refractivity contribution in [3.05, 3.63) is 53.6 Å². The summed E-state index contributed by atoms with van der Waals surface area (Å²) < 4.78 is 5.51. The highest BCUT2D eigenvalue weighted by Crippen LogP contribution is 2.36. The second kappa shape index (κ2) is 12.0. The number of ether oxygens (including phenoxy) is 1. The van der Waals surface area contributed by atoms with E-state index < -0.39 is 24.3 Å². The van der Waals surface area contributed by atoms with Crippen molar-refractivity contribution in [3.8, 4) is 5.75 Å². The van der Waals surface area contributed by atoms with E-state index in [-0.39, 0.29) is 24.9 Å². The molecule has 160 valence electrons. The van der Waals surface area contributed by atoms with Crippen molar-refractivity contribution >= 4 is 17.6 Å². The number of halogens is 1. The zero-order valence-electron chi connectivity index (χ0n) is 16.2. The van der Waals surface area contributed by atoms with Gasteiger partial charge in [-0.2, -0.15) is 0 Å². The average Bonchev–Trinajstić information content (AvgIpc) is 2.93. The van der Waals surface area contributed by atoms with Gasteiger partial charge in [-0.1, -0.05) is 42.0 Å². The minimum atomic E-state index is -0.855. The highest BCUT2D eigenvalue weighted by molar-refractivity contribution is 6.30. The van der Waals surface area contributed by atoms with E-state index in [4.69, 9.17) is 21.4 Å². The van der Waals surface area contributed by atoms with Crippen LogP contribution >= 0.6 is 11.6 Å². The van der Waals surface area contributed by atoms with Crippen LogP contribution in [-0.2, 0) is 4.79 Å². The van der Waals surface area contributed by atoms with Gasteiger partial charge in [0.25, 0.3) is 0 Å². The molecule has 0 spiro atoms. The molecule has 7 heteroatoms. The number of unbranched alkanes of at least 4 members (excludes halogenated alkanes) is 1. The molecule has 0 bridgehead atoms. The zero-order chi connectivity index (χ0) is 21.2. The fourth-order valence-corrected chi connectivity index (χ4v) is 3.68. The van der Waals surface area contributed by atoms with E-state index in [2.05, 4.69) is 0 Å². The van der Waals surface area contributed by atoms with E-state index in [1.165, 1.54) is 0 Å². The van der Waals surface area contributed by atoms with Crippen LogP contribution in [0.1, 0.15) is 32.1 Å². The minimum absolute atomic E-state index is 0.0519. The van der Waals surface area contributed by atoms with Crippen molar-refractivity contribution in [1.82, 2.24) is 0 Å². The lowest BCUT2D eigenvalue weighted by atomic mass is 9.89. The van der Waals surface area contributed by atoms with Gasteiger partial charge in [-0.25, -0.2) is 0 Å². The summed E-state index contributed by atoms with van der Waals surface area (Å²) in [5, 5.41) is 39.8. The topological polar surface area (TPSA) is 107 Å². The number of aliphatic hydroxyl groups excluding tert-OH is 3. The van der Waals surface area contributed by atoms with Crippen LogP contribution in [0.15, 0.2) is 48.6 Å². The Balaban J connectivity index is 1.83. The van der Waals surface area contributed by atoms with Gasteiger partial charge in [0.05, 0.1) is 12.2 Å². The normalized spacial score (nSPS) is 25.7. The summed E-state index contributed by atoms with van der Waals surface area (Å²) in [5.41, 5.74) is 0. The van der Waals surface area contributed by atoms with Gasteiger partial charge < -0.3 is 25.2 Å². The second-order valence-electron chi connectivity index (χ2n) is 7.33. The molecular weight excluding hydrogens is 396 g/mol. The van der Waals surface area contributed by atoms with Gasteiger partial charge in [0, 0.05) is 23.8 Å². The molecule has 1 saturated carbocycles. The van der Waals surface area contributed by atoms with Gasteiger partial charge in [0.1, 0.15) is 18.5 Å². The first-order chi connectivity index (χ1) is 13.9. The number of aliphatic hydroxyl groups is 3. The van der Waals surface area contributed by atoms with Crippen molar-refractivity contribution in [2.24, 2.45) is 11.8 Å². The molecule has 0 heterocycles. The Labute approximate surface area is 176 Å². The van der Waals surface area contributed by atoms with Crippen LogP contribution < -0.4 is 4.74 Å². The summed E-state index contributed by atoms with van der Waals surface area (Å²) >= 11 is 5.90. The first-order valence-corrected chi connectivity index (χ1v) is 10.2. The number of carboxylic acids is 1. The van der Waals surface area contributed by atoms with E-state index in [0.29, 0.717) is 36.5 Å². The molecule has 0 aromatic heterocycles. The summed E-state index contributed by atoms with van der Waals surface area (Å²) in [4.78, 5) is 10.5. The Kier molecular flexibility index (Phi) is 9.67. The smallest absolute Gasteiger partial charge is 0.303 e. The standard InChI is InChI=1S/C22H29ClO6/c23-15-6-5-7-17(12-15)29-14-16(24)10-11-19-18(20(25)13-21(19)26)8-3-1-2-4-9-22(27)28/h1,3,5-7,10-12,16,18-21,24-26H,2,4,8-9,13-14H2,(H,27,28)/b3-1+,11-10+/t16-,18-,19-,20+,21-/m1/s1. The molecule has 0 aliphatic heterocycles. The van der Waals surface area contributed by atoms with Gasteiger partial charge in [0.15, 0.2) is 0 Å². The minimum Gasteiger partial charge on any atom is -0.491 e. The van der Waals surface area contributed by atoms with Crippen LogP contribution in [0.25, 0.3) is 0 Å². The van der Waals surface area contributed by atoms with Crippen molar-refractivity contribution in [3.63, 3.8) is 0 Å². The number of benzene rings is 1. The third-order valence-corrected chi connectivity index (χ3v) is 5.26. The predicted octanol–water partition coefficient (Wildman–Crippen LogP) is 3.20. The first kappa shape index (κ1) is 23.4. The van der Waals surface area contributed by atoms with E-state index in [1.807, 2.05) is 12.2 Å². The van der Waals surface area contributed by atoms with Gasteiger partial charge in [-0.3, -0.25) is 4.79 Å². The predicted molar refractivity (Wildman–Crippen MR) is 111 cm³/mol.